The molecule has 0 radical (unpaired) electrons. The Balaban J connectivity index is 2.02. The van der Waals surface area contributed by atoms with Crippen molar-refractivity contribution in [1.82, 2.24) is 0 Å². The first kappa shape index (κ1) is 15.2. The molecule has 23 heavy (non-hydrogen) atoms. The Morgan fingerprint density at radius 1 is 1.26 bits per heavy atom. The number of methoxy groups -OCH3 is 1. The van der Waals surface area contributed by atoms with Crippen molar-refractivity contribution in [1.29, 1.82) is 0 Å². The van der Waals surface area contributed by atoms with E-state index >= 15 is 0 Å². The minimum atomic E-state index is -0.405. The zero-order chi connectivity index (χ0) is 16.3. The second-order valence-corrected chi connectivity index (χ2v) is 5.91. The molecule has 0 aromatic heterocycles. The number of rotatable bonds is 2. The van der Waals surface area contributed by atoms with Crippen molar-refractivity contribution >= 4 is 0 Å². The van der Waals surface area contributed by atoms with Crippen LogP contribution in [0.2, 0.25) is 0 Å². The SMILES string of the molecule is C=C[C@]1(C)C[C@H](C#Cc2ccccc2)c2cc(OC)ccc2O1. The van der Waals surface area contributed by atoms with Crippen LogP contribution in [0.15, 0.2) is 61.2 Å². The van der Waals surface area contributed by atoms with Crippen molar-refractivity contribution < 1.29 is 9.47 Å². The average Bonchev–Trinajstić information content (AvgIpc) is 2.60. The first-order valence-electron chi connectivity index (χ1n) is 7.71. The fraction of sp³-hybridized carbons (Fsp3) is 0.238. The van der Waals surface area contributed by atoms with Crippen LogP contribution in [0.25, 0.3) is 0 Å². The third kappa shape index (κ3) is 3.24. The summed E-state index contributed by atoms with van der Waals surface area (Å²) in [6.45, 7) is 5.96. The molecule has 1 aliphatic rings. The van der Waals surface area contributed by atoms with Gasteiger partial charge in [-0.15, -0.1) is 0 Å². The number of ether oxygens (including phenoxy) is 2. The van der Waals surface area contributed by atoms with Crippen LogP contribution in [0.5, 0.6) is 11.5 Å². The Kier molecular flexibility index (Phi) is 4.12. The normalized spacial score (nSPS) is 22.1. The third-order valence-corrected chi connectivity index (χ3v) is 4.14. The van der Waals surface area contributed by atoms with E-state index in [1.807, 2.05) is 61.5 Å². The molecular formula is C21H20O2. The molecule has 0 amide bonds. The van der Waals surface area contributed by atoms with Gasteiger partial charge in [-0.05, 0) is 43.3 Å². The van der Waals surface area contributed by atoms with Gasteiger partial charge in [-0.25, -0.2) is 0 Å². The molecule has 0 spiro atoms. The van der Waals surface area contributed by atoms with Crippen molar-refractivity contribution in [3.8, 4) is 23.3 Å². The molecule has 2 nitrogen and oxygen atoms in total. The highest BCUT2D eigenvalue weighted by Gasteiger charge is 2.34. The number of benzene rings is 2. The van der Waals surface area contributed by atoms with E-state index in [9.17, 15) is 0 Å². The molecule has 0 bridgehead atoms. The highest BCUT2D eigenvalue weighted by molar-refractivity contribution is 5.49. The molecule has 1 heterocycles. The summed E-state index contributed by atoms with van der Waals surface area (Å²) < 4.78 is 11.5. The Morgan fingerprint density at radius 2 is 2.04 bits per heavy atom. The maximum Gasteiger partial charge on any atom is 0.126 e. The first-order chi connectivity index (χ1) is 11.1. The molecule has 0 aliphatic carbocycles. The Hall–Kier alpha value is -2.66. The number of fused-ring (bicyclic) bond motifs is 1. The van der Waals surface area contributed by atoms with Crippen LogP contribution in [0.4, 0.5) is 0 Å². The van der Waals surface area contributed by atoms with Gasteiger partial charge in [-0.3, -0.25) is 0 Å². The molecule has 0 saturated carbocycles. The molecule has 2 aromatic carbocycles. The monoisotopic (exact) mass is 304 g/mol. The lowest BCUT2D eigenvalue weighted by Crippen LogP contribution is -2.35. The second-order valence-electron chi connectivity index (χ2n) is 5.91. The van der Waals surface area contributed by atoms with Gasteiger partial charge in [0.05, 0.1) is 13.0 Å². The molecule has 2 heteroatoms. The van der Waals surface area contributed by atoms with E-state index in [4.69, 9.17) is 9.47 Å². The van der Waals surface area contributed by atoms with Crippen LogP contribution in [-0.2, 0) is 0 Å². The highest BCUT2D eigenvalue weighted by atomic mass is 16.5. The predicted octanol–water partition coefficient (Wildman–Crippen LogP) is 4.56. The Morgan fingerprint density at radius 3 is 2.74 bits per heavy atom. The van der Waals surface area contributed by atoms with E-state index in [2.05, 4.69) is 18.4 Å². The van der Waals surface area contributed by atoms with E-state index in [0.717, 1.165) is 29.0 Å². The summed E-state index contributed by atoms with van der Waals surface area (Å²) >= 11 is 0. The minimum Gasteiger partial charge on any atom is -0.497 e. The molecule has 0 N–H and O–H groups in total. The van der Waals surface area contributed by atoms with Crippen molar-refractivity contribution in [2.75, 3.05) is 7.11 Å². The summed E-state index contributed by atoms with van der Waals surface area (Å²) in [5.74, 6) is 8.43. The first-order valence-corrected chi connectivity index (χ1v) is 7.71. The van der Waals surface area contributed by atoms with Crippen LogP contribution in [-0.4, -0.2) is 12.7 Å². The van der Waals surface area contributed by atoms with Crippen molar-refractivity contribution in [3.63, 3.8) is 0 Å². The van der Waals surface area contributed by atoms with E-state index in [1.54, 1.807) is 7.11 Å². The fourth-order valence-electron chi connectivity index (χ4n) is 2.77. The number of hydrogen-bond acceptors (Lipinski definition) is 2. The standard InChI is InChI=1S/C21H20O2/c1-4-21(2)15-17(11-10-16-8-6-5-7-9-16)19-14-18(22-3)12-13-20(19)23-21/h4-9,12-14,17H,1,15H2,2-3H3/t17-,21+/m0/s1. The van der Waals surface area contributed by atoms with Gasteiger partial charge in [-0.2, -0.15) is 0 Å². The van der Waals surface area contributed by atoms with Gasteiger partial charge in [-0.1, -0.05) is 36.6 Å². The molecule has 0 saturated heterocycles. The third-order valence-electron chi connectivity index (χ3n) is 4.14. The van der Waals surface area contributed by atoms with Crippen molar-refractivity contribution in [2.24, 2.45) is 0 Å². The quantitative estimate of drug-likeness (QED) is 0.598. The van der Waals surface area contributed by atoms with Crippen LogP contribution >= 0.6 is 0 Å². The van der Waals surface area contributed by atoms with Crippen LogP contribution in [0, 0.1) is 11.8 Å². The molecule has 2 atom stereocenters. The average molecular weight is 304 g/mol. The van der Waals surface area contributed by atoms with E-state index in [1.165, 1.54) is 0 Å². The smallest absolute Gasteiger partial charge is 0.126 e. The maximum atomic E-state index is 6.11. The largest absolute Gasteiger partial charge is 0.497 e. The van der Waals surface area contributed by atoms with Gasteiger partial charge in [0, 0.05) is 17.5 Å². The number of hydrogen-bond donors (Lipinski definition) is 0. The van der Waals surface area contributed by atoms with E-state index in [0.29, 0.717) is 0 Å². The lowest BCUT2D eigenvalue weighted by molar-refractivity contribution is 0.109. The van der Waals surface area contributed by atoms with Gasteiger partial charge in [0.25, 0.3) is 0 Å². The van der Waals surface area contributed by atoms with Crippen LogP contribution < -0.4 is 9.47 Å². The lowest BCUT2D eigenvalue weighted by atomic mass is 9.83. The van der Waals surface area contributed by atoms with E-state index < -0.39 is 5.60 Å². The van der Waals surface area contributed by atoms with Gasteiger partial charge in [0.15, 0.2) is 0 Å². The summed E-state index contributed by atoms with van der Waals surface area (Å²) in [5.41, 5.74) is 1.69. The molecule has 3 rings (SSSR count). The topological polar surface area (TPSA) is 18.5 Å². The summed E-state index contributed by atoms with van der Waals surface area (Å²) in [6, 6.07) is 15.9. The summed E-state index contributed by atoms with van der Waals surface area (Å²) in [4.78, 5) is 0. The van der Waals surface area contributed by atoms with Gasteiger partial charge < -0.3 is 9.47 Å². The summed E-state index contributed by atoms with van der Waals surface area (Å²) in [5, 5.41) is 0. The Labute approximate surface area is 137 Å². The molecule has 0 fully saturated rings. The lowest BCUT2D eigenvalue weighted by Gasteiger charge is -2.36. The van der Waals surface area contributed by atoms with Crippen LogP contribution in [0.3, 0.4) is 0 Å². The van der Waals surface area contributed by atoms with Gasteiger partial charge in [0.2, 0.25) is 0 Å². The van der Waals surface area contributed by atoms with Crippen molar-refractivity contribution in [2.45, 2.75) is 24.9 Å². The highest BCUT2D eigenvalue weighted by Crippen LogP contribution is 2.42. The predicted molar refractivity (Wildman–Crippen MR) is 92.9 cm³/mol. The Bertz CT molecular complexity index is 767. The fourth-order valence-corrected chi connectivity index (χ4v) is 2.77. The zero-order valence-electron chi connectivity index (χ0n) is 13.5. The molecule has 1 aliphatic heterocycles. The second kappa shape index (κ2) is 6.22. The maximum absolute atomic E-state index is 6.11. The van der Waals surface area contributed by atoms with Crippen LogP contribution in [0.1, 0.15) is 30.4 Å². The minimum absolute atomic E-state index is 0.0806. The van der Waals surface area contributed by atoms with Gasteiger partial charge in [0.1, 0.15) is 17.1 Å². The summed E-state index contributed by atoms with van der Waals surface area (Å²) in [7, 11) is 1.67. The molecule has 2 aromatic rings. The van der Waals surface area contributed by atoms with E-state index in [-0.39, 0.29) is 5.92 Å². The molecular weight excluding hydrogens is 284 g/mol. The molecule has 0 unspecified atom stereocenters. The summed E-state index contributed by atoms with van der Waals surface area (Å²) in [6.07, 6.45) is 2.63. The molecule has 116 valence electrons. The zero-order valence-corrected chi connectivity index (χ0v) is 13.5. The van der Waals surface area contributed by atoms with Gasteiger partial charge >= 0.3 is 0 Å². The van der Waals surface area contributed by atoms with Crippen molar-refractivity contribution in [3.05, 3.63) is 72.3 Å².